The number of ether oxygens (including phenoxy) is 6. The van der Waals surface area contributed by atoms with Crippen LogP contribution >= 0.6 is 0 Å². The molecule has 1 saturated heterocycles. The molecule has 1 aliphatic heterocycles. The van der Waals surface area contributed by atoms with E-state index in [1.807, 2.05) is 30.3 Å². The summed E-state index contributed by atoms with van der Waals surface area (Å²) in [5.41, 5.74) is 1.39. The minimum absolute atomic E-state index is 0.132. The van der Waals surface area contributed by atoms with Crippen molar-refractivity contribution in [2.75, 3.05) is 6.61 Å². The van der Waals surface area contributed by atoms with Crippen LogP contribution in [0.4, 0.5) is 0 Å². The van der Waals surface area contributed by atoms with Crippen LogP contribution in [0.5, 0.6) is 5.75 Å². The van der Waals surface area contributed by atoms with E-state index in [0.717, 1.165) is 31.7 Å². The highest BCUT2D eigenvalue weighted by atomic mass is 16.7. The fourth-order valence-electron chi connectivity index (χ4n) is 5.28. The monoisotopic (exact) mass is 633 g/mol. The molecule has 240 valence electrons. The molecule has 2 aromatic carbocycles. The Morgan fingerprint density at radius 3 is 2.17 bits per heavy atom. The first-order valence-electron chi connectivity index (χ1n) is 14.3. The molecule has 0 spiro atoms. The van der Waals surface area contributed by atoms with Gasteiger partial charge >= 0.3 is 23.9 Å². The third-order valence-corrected chi connectivity index (χ3v) is 7.09. The predicted octanol–water partition coefficient (Wildman–Crippen LogP) is 3.78. The Labute approximate surface area is 262 Å². The van der Waals surface area contributed by atoms with Crippen molar-refractivity contribution in [2.45, 2.75) is 65.3 Å². The maximum absolute atomic E-state index is 13.6. The van der Waals surface area contributed by atoms with Crippen molar-refractivity contribution < 1.29 is 52.0 Å². The van der Waals surface area contributed by atoms with E-state index in [2.05, 4.69) is 4.98 Å². The summed E-state index contributed by atoms with van der Waals surface area (Å²) in [4.78, 5) is 66.1. The third-order valence-electron chi connectivity index (χ3n) is 7.09. The highest BCUT2D eigenvalue weighted by Crippen LogP contribution is 2.32. The second-order valence-corrected chi connectivity index (χ2v) is 10.6. The molecule has 1 fully saturated rings. The first-order valence-corrected chi connectivity index (χ1v) is 14.3. The minimum Gasteiger partial charge on any atom is -0.463 e. The fraction of sp³-hybridized carbons (Fsp3) is 0.333. The number of carbonyl (C=O) groups excluding carboxylic acids is 4. The summed E-state index contributed by atoms with van der Waals surface area (Å²) in [7, 11) is 0. The second kappa shape index (κ2) is 13.4. The molecule has 13 heteroatoms. The molecule has 0 N–H and O–H groups in total. The summed E-state index contributed by atoms with van der Waals surface area (Å²) in [5, 5.41) is 1.18. The maximum Gasteiger partial charge on any atom is 0.303 e. The van der Waals surface area contributed by atoms with E-state index in [1.165, 1.54) is 25.1 Å². The predicted molar refractivity (Wildman–Crippen MR) is 161 cm³/mol. The second-order valence-electron chi connectivity index (χ2n) is 10.6. The Kier molecular flexibility index (Phi) is 9.33. The van der Waals surface area contributed by atoms with Crippen molar-refractivity contribution in [1.29, 1.82) is 0 Å². The summed E-state index contributed by atoms with van der Waals surface area (Å²) in [6.45, 7) is 5.80. The molecule has 0 amide bonds. The summed E-state index contributed by atoms with van der Waals surface area (Å²) >= 11 is 0. The highest BCUT2D eigenvalue weighted by molar-refractivity contribution is 5.86. The molecule has 0 unspecified atom stereocenters. The lowest BCUT2D eigenvalue weighted by molar-refractivity contribution is -0.288. The van der Waals surface area contributed by atoms with E-state index in [0.29, 0.717) is 17.0 Å². The lowest BCUT2D eigenvalue weighted by Gasteiger charge is -2.43. The van der Waals surface area contributed by atoms with E-state index in [9.17, 15) is 24.0 Å². The van der Waals surface area contributed by atoms with Gasteiger partial charge in [-0.3, -0.25) is 24.0 Å². The van der Waals surface area contributed by atoms with Crippen LogP contribution in [0, 0.1) is 6.92 Å². The largest absolute Gasteiger partial charge is 0.463 e. The highest BCUT2D eigenvalue weighted by Gasteiger charge is 2.53. The van der Waals surface area contributed by atoms with E-state index >= 15 is 0 Å². The van der Waals surface area contributed by atoms with Crippen LogP contribution in [0.1, 0.15) is 33.5 Å². The lowest BCUT2D eigenvalue weighted by Crippen LogP contribution is -2.63. The molecule has 0 bridgehead atoms. The molecule has 0 aliphatic carbocycles. The van der Waals surface area contributed by atoms with Crippen LogP contribution in [0.2, 0.25) is 0 Å². The average Bonchev–Trinajstić information content (AvgIpc) is 2.98. The quantitative estimate of drug-likeness (QED) is 0.203. The van der Waals surface area contributed by atoms with Crippen LogP contribution in [-0.4, -0.2) is 66.2 Å². The topological polar surface area (TPSA) is 167 Å². The van der Waals surface area contributed by atoms with Gasteiger partial charge in [0.15, 0.2) is 12.2 Å². The number of hydrogen-bond donors (Lipinski definition) is 0. The lowest BCUT2D eigenvalue weighted by atomic mass is 9.98. The zero-order chi connectivity index (χ0) is 33.1. The number of carbonyl (C=O) groups is 4. The van der Waals surface area contributed by atoms with Gasteiger partial charge in [0.25, 0.3) is 0 Å². The number of pyridine rings is 1. The first-order chi connectivity index (χ1) is 21.9. The molecule has 3 heterocycles. The van der Waals surface area contributed by atoms with Crippen LogP contribution in [0.3, 0.4) is 0 Å². The molecule has 46 heavy (non-hydrogen) atoms. The Morgan fingerprint density at radius 2 is 1.48 bits per heavy atom. The maximum atomic E-state index is 13.6. The number of hydrogen-bond acceptors (Lipinski definition) is 13. The molecule has 0 radical (unpaired) electrons. The Hall–Kier alpha value is -5.30. The molecule has 5 atom stereocenters. The van der Waals surface area contributed by atoms with Crippen LogP contribution < -0.4 is 10.2 Å². The standard InChI is InChI=1S/C33H31NO12/c1-16-28(25-13-10-21-8-6-7-9-24(21)34-25)29(39)23-12-11-22(14-26(23)41-16)45-33-32(44-20(5)38)31(43-19(4)37)30(42-18(3)36)27(46-33)15-40-17(2)35/h6-14,27,30-33H,15H2,1-5H3/t27-,30-,31+,32+,33+/m1/s1. The Balaban J connectivity index is 1.51. The van der Waals surface area contributed by atoms with Crippen molar-refractivity contribution in [3.63, 3.8) is 0 Å². The van der Waals surface area contributed by atoms with Crippen LogP contribution in [0.25, 0.3) is 33.1 Å². The van der Waals surface area contributed by atoms with Gasteiger partial charge in [-0.2, -0.15) is 0 Å². The normalized spacial score (nSPS) is 20.9. The third kappa shape index (κ3) is 6.99. The molecule has 4 aromatic rings. The Morgan fingerprint density at radius 1 is 0.804 bits per heavy atom. The van der Waals surface area contributed by atoms with Gasteiger partial charge in [-0.05, 0) is 31.2 Å². The van der Waals surface area contributed by atoms with E-state index in [1.54, 1.807) is 13.0 Å². The summed E-state index contributed by atoms with van der Waals surface area (Å²) in [6.07, 6.45) is -6.80. The van der Waals surface area contributed by atoms with Crippen molar-refractivity contribution in [3.8, 4) is 17.0 Å². The van der Waals surface area contributed by atoms with Crippen molar-refractivity contribution in [2.24, 2.45) is 0 Å². The number of fused-ring (bicyclic) bond motifs is 2. The number of nitrogens with zero attached hydrogens (tertiary/aromatic N) is 1. The molecular weight excluding hydrogens is 602 g/mol. The molecule has 13 nitrogen and oxygen atoms in total. The van der Waals surface area contributed by atoms with Gasteiger partial charge in [-0.1, -0.05) is 24.3 Å². The van der Waals surface area contributed by atoms with Crippen molar-refractivity contribution >= 4 is 45.7 Å². The summed E-state index contributed by atoms with van der Waals surface area (Å²) in [6, 6.07) is 15.6. The number of para-hydroxylation sites is 1. The van der Waals surface area contributed by atoms with E-state index < -0.39 is 61.2 Å². The average molecular weight is 634 g/mol. The zero-order valence-corrected chi connectivity index (χ0v) is 25.6. The smallest absolute Gasteiger partial charge is 0.303 e. The van der Waals surface area contributed by atoms with Gasteiger partial charge in [-0.25, -0.2) is 4.98 Å². The molecule has 0 saturated carbocycles. The van der Waals surface area contributed by atoms with E-state index in [4.69, 9.17) is 32.8 Å². The van der Waals surface area contributed by atoms with Gasteiger partial charge in [0.2, 0.25) is 17.8 Å². The number of rotatable bonds is 8. The minimum atomic E-state index is -1.45. The number of esters is 4. The SMILES string of the molecule is CC(=O)OC[C@H]1O[C@H](Oc2ccc3c(=O)c(-c4ccc5ccccc5n4)c(C)oc3c2)[C@@H](OC(C)=O)[C@@H](OC(C)=O)[C@@H]1OC(C)=O. The molecule has 1 aliphatic rings. The van der Waals surface area contributed by atoms with Gasteiger partial charge in [0, 0.05) is 39.1 Å². The number of benzene rings is 2. The van der Waals surface area contributed by atoms with Crippen molar-refractivity contribution in [1.82, 2.24) is 4.98 Å². The molecule has 2 aromatic heterocycles. The Bertz CT molecular complexity index is 1880. The van der Waals surface area contributed by atoms with Gasteiger partial charge < -0.3 is 32.8 Å². The zero-order valence-electron chi connectivity index (χ0n) is 25.6. The molecule has 5 rings (SSSR count). The van der Waals surface area contributed by atoms with Crippen LogP contribution in [0.15, 0.2) is 63.8 Å². The summed E-state index contributed by atoms with van der Waals surface area (Å²) < 4.78 is 39.5. The van der Waals surface area contributed by atoms with Gasteiger partial charge in [0.05, 0.1) is 22.2 Å². The summed E-state index contributed by atoms with van der Waals surface area (Å²) in [5.74, 6) is -2.48. The number of aryl methyl sites for hydroxylation is 1. The van der Waals surface area contributed by atoms with Gasteiger partial charge in [0.1, 0.15) is 29.8 Å². The van der Waals surface area contributed by atoms with Crippen LogP contribution in [-0.2, 0) is 42.9 Å². The van der Waals surface area contributed by atoms with E-state index in [-0.39, 0.29) is 22.1 Å². The first kappa shape index (κ1) is 32.1. The molecular formula is C33H31NO12. The fourth-order valence-corrected chi connectivity index (χ4v) is 5.28. The number of aromatic nitrogens is 1. The van der Waals surface area contributed by atoms with Crippen molar-refractivity contribution in [3.05, 3.63) is 70.6 Å². The van der Waals surface area contributed by atoms with Gasteiger partial charge in [-0.15, -0.1) is 0 Å².